The van der Waals surface area contributed by atoms with Crippen LogP contribution >= 0.6 is 0 Å². The molecule has 1 aliphatic heterocycles. The monoisotopic (exact) mass is 423 g/mol. The summed E-state index contributed by atoms with van der Waals surface area (Å²) < 4.78 is 46.2. The molecule has 0 bridgehead atoms. The second-order valence-electron chi connectivity index (χ2n) is 6.74. The summed E-state index contributed by atoms with van der Waals surface area (Å²) in [5, 5.41) is 3.04. The SMILES string of the molecule is CCOc1ccc(S(=O)(=O)NCCNc2nc(C)cc(N3CCCC3)n2)cc1F. The van der Waals surface area contributed by atoms with Gasteiger partial charge in [0.15, 0.2) is 11.6 Å². The zero-order valence-corrected chi connectivity index (χ0v) is 17.4. The lowest BCUT2D eigenvalue weighted by atomic mass is 10.3. The van der Waals surface area contributed by atoms with Crippen molar-refractivity contribution in [2.45, 2.75) is 31.6 Å². The Kier molecular flexibility index (Phi) is 6.86. The number of hydrogen-bond donors (Lipinski definition) is 2. The first kappa shape index (κ1) is 21.3. The van der Waals surface area contributed by atoms with Gasteiger partial charge in [0.05, 0.1) is 11.5 Å². The number of rotatable bonds is 9. The Hall–Kier alpha value is -2.46. The van der Waals surface area contributed by atoms with E-state index in [0.29, 0.717) is 19.1 Å². The van der Waals surface area contributed by atoms with Crippen LogP contribution in [-0.4, -0.2) is 51.2 Å². The minimum Gasteiger partial charge on any atom is -0.491 e. The molecule has 2 heterocycles. The number of halogens is 1. The third kappa shape index (κ3) is 5.54. The molecule has 0 aliphatic carbocycles. The number of nitrogens with zero attached hydrogens (tertiary/aromatic N) is 3. The van der Waals surface area contributed by atoms with Crippen molar-refractivity contribution in [2.75, 3.05) is 43.0 Å². The lowest BCUT2D eigenvalue weighted by Gasteiger charge is -2.17. The van der Waals surface area contributed by atoms with Crippen molar-refractivity contribution in [2.24, 2.45) is 0 Å². The van der Waals surface area contributed by atoms with E-state index in [1.807, 2.05) is 13.0 Å². The van der Waals surface area contributed by atoms with Gasteiger partial charge in [0.25, 0.3) is 0 Å². The molecular weight excluding hydrogens is 397 g/mol. The summed E-state index contributed by atoms with van der Waals surface area (Å²) in [6.07, 6.45) is 2.31. The van der Waals surface area contributed by atoms with E-state index in [0.717, 1.165) is 43.5 Å². The first-order valence-electron chi connectivity index (χ1n) is 9.65. The molecule has 158 valence electrons. The van der Waals surface area contributed by atoms with Gasteiger partial charge in [0, 0.05) is 37.9 Å². The molecule has 3 rings (SSSR count). The van der Waals surface area contributed by atoms with Crippen LogP contribution in [0.5, 0.6) is 5.75 Å². The van der Waals surface area contributed by atoms with Gasteiger partial charge in [-0.25, -0.2) is 22.5 Å². The summed E-state index contributed by atoms with van der Waals surface area (Å²) in [5.41, 5.74) is 0.842. The van der Waals surface area contributed by atoms with Gasteiger partial charge in [-0.3, -0.25) is 0 Å². The Morgan fingerprint density at radius 3 is 2.62 bits per heavy atom. The second-order valence-corrected chi connectivity index (χ2v) is 8.50. The highest BCUT2D eigenvalue weighted by Crippen LogP contribution is 2.21. The molecule has 0 atom stereocenters. The maximum absolute atomic E-state index is 13.9. The molecule has 10 heteroatoms. The van der Waals surface area contributed by atoms with Crippen molar-refractivity contribution < 1.29 is 17.5 Å². The van der Waals surface area contributed by atoms with E-state index in [4.69, 9.17) is 4.74 Å². The molecule has 0 saturated carbocycles. The number of anilines is 2. The summed E-state index contributed by atoms with van der Waals surface area (Å²) in [5.74, 6) is 0.648. The molecule has 1 aliphatic rings. The molecule has 1 fully saturated rings. The predicted octanol–water partition coefficient (Wildman–Crippen LogP) is 2.31. The van der Waals surface area contributed by atoms with E-state index in [9.17, 15) is 12.8 Å². The Morgan fingerprint density at radius 1 is 1.17 bits per heavy atom. The number of sulfonamides is 1. The number of nitrogens with one attached hydrogen (secondary N) is 2. The van der Waals surface area contributed by atoms with E-state index < -0.39 is 15.8 Å². The molecular formula is C19H26FN5O3S. The number of hydrogen-bond acceptors (Lipinski definition) is 7. The van der Waals surface area contributed by atoms with E-state index in [1.165, 1.54) is 12.1 Å². The van der Waals surface area contributed by atoms with Crippen LogP contribution in [0.25, 0.3) is 0 Å². The highest BCUT2D eigenvalue weighted by atomic mass is 32.2. The topological polar surface area (TPSA) is 96.5 Å². The molecule has 1 saturated heterocycles. The third-order valence-corrected chi connectivity index (χ3v) is 5.94. The smallest absolute Gasteiger partial charge is 0.240 e. The van der Waals surface area contributed by atoms with Crippen LogP contribution in [0.1, 0.15) is 25.5 Å². The highest BCUT2D eigenvalue weighted by molar-refractivity contribution is 7.89. The largest absolute Gasteiger partial charge is 0.491 e. The highest BCUT2D eigenvalue weighted by Gasteiger charge is 2.17. The van der Waals surface area contributed by atoms with Gasteiger partial charge in [-0.2, -0.15) is 4.98 Å². The van der Waals surface area contributed by atoms with Gasteiger partial charge >= 0.3 is 0 Å². The molecule has 8 nitrogen and oxygen atoms in total. The Morgan fingerprint density at radius 2 is 1.93 bits per heavy atom. The molecule has 0 unspecified atom stereocenters. The summed E-state index contributed by atoms with van der Waals surface area (Å²) in [4.78, 5) is 10.9. The van der Waals surface area contributed by atoms with E-state index in [2.05, 4.69) is 24.9 Å². The zero-order valence-electron chi connectivity index (χ0n) is 16.6. The van der Waals surface area contributed by atoms with Gasteiger partial charge in [-0.1, -0.05) is 0 Å². The summed E-state index contributed by atoms with van der Waals surface area (Å²) in [6, 6.07) is 5.52. The van der Waals surface area contributed by atoms with Crippen molar-refractivity contribution in [1.82, 2.24) is 14.7 Å². The van der Waals surface area contributed by atoms with Crippen molar-refractivity contribution in [3.8, 4) is 5.75 Å². The van der Waals surface area contributed by atoms with E-state index >= 15 is 0 Å². The fourth-order valence-electron chi connectivity index (χ4n) is 3.10. The summed E-state index contributed by atoms with van der Waals surface area (Å²) in [6.45, 7) is 6.28. The standard InChI is InChI=1S/C19H26FN5O3S/c1-3-28-17-7-6-15(13-16(17)20)29(26,27)22-9-8-21-19-23-14(2)12-18(24-19)25-10-4-5-11-25/h6-7,12-13,22H,3-5,8-11H2,1-2H3,(H,21,23,24). The molecule has 0 radical (unpaired) electrons. The number of aryl methyl sites for hydroxylation is 1. The van der Waals surface area contributed by atoms with E-state index in [1.54, 1.807) is 6.92 Å². The van der Waals surface area contributed by atoms with Gasteiger partial charge in [0.2, 0.25) is 16.0 Å². The van der Waals surface area contributed by atoms with Crippen LogP contribution in [0.15, 0.2) is 29.2 Å². The molecule has 2 aromatic rings. The molecule has 1 aromatic heterocycles. The molecule has 0 amide bonds. The molecule has 1 aromatic carbocycles. The van der Waals surface area contributed by atoms with Crippen LogP contribution in [0.4, 0.5) is 16.2 Å². The zero-order chi connectivity index (χ0) is 20.9. The molecule has 29 heavy (non-hydrogen) atoms. The van der Waals surface area contributed by atoms with E-state index in [-0.39, 0.29) is 17.2 Å². The number of ether oxygens (including phenoxy) is 1. The van der Waals surface area contributed by atoms with Crippen molar-refractivity contribution in [1.29, 1.82) is 0 Å². The maximum Gasteiger partial charge on any atom is 0.240 e. The molecule has 0 spiro atoms. The Bertz CT molecular complexity index is 949. The third-order valence-electron chi connectivity index (χ3n) is 4.48. The first-order chi connectivity index (χ1) is 13.9. The van der Waals surface area contributed by atoms with Gasteiger partial charge in [-0.05, 0) is 44.9 Å². The quantitative estimate of drug-likeness (QED) is 0.598. The van der Waals surface area contributed by atoms with Crippen LogP contribution in [0.3, 0.4) is 0 Å². The lowest BCUT2D eigenvalue weighted by molar-refractivity contribution is 0.321. The Balaban J connectivity index is 1.56. The average Bonchev–Trinajstić information content (AvgIpc) is 3.21. The molecule has 2 N–H and O–H groups in total. The minimum atomic E-state index is -3.83. The van der Waals surface area contributed by atoms with Crippen LogP contribution in [-0.2, 0) is 10.0 Å². The van der Waals surface area contributed by atoms with Crippen LogP contribution in [0.2, 0.25) is 0 Å². The van der Waals surface area contributed by atoms with Crippen LogP contribution < -0.4 is 19.7 Å². The lowest BCUT2D eigenvalue weighted by Crippen LogP contribution is -2.29. The Labute approximate surface area is 170 Å². The van der Waals surface area contributed by atoms with Gasteiger partial charge in [0.1, 0.15) is 5.82 Å². The van der Waals surface area contributed by atoms with Crippen molar-refractivity contribution in [3.63, 3.8) is 0 Å². The summed E-state index contributed by atoms with van der Waals surface area (Å²) >= 11 is 0. The predicted molar refractivity (Wildman–Crippen MR) is 109 cm³/mol. The normalized spacial score (nSPS) is 14.2. The average molecular weight is 424 g/mol. The van der Waals surface area contributed by atoms with Gasteiger partial charge in [-0.15, -0.1) is 0 Å². The fraction of sp³-hybridized carbons (Fsp3) is 0.474. The fourth-order valence-corrected chi connectivity index (χ4v) is 4.15. The van der Waals surface area contributed by atoms with Crippen molar-refractivity contribution in [3.05, 3.63) is 35.8 Å². The van der Waals surface area contributed by atoms with Crippen LogP contribution in [0, 0.1) is 12.7 Å². The summed E-state index contributed by atoms with van der Waals surface area (Å²) in [7, 11) is -3.83. The second kappa shape index (κ2) is 9.36. The number of aromatic nitrogens is 2. The maximum atomic E-state index is 13.9. The van der Waals surface area contributed by atoms with Gasteiger partial charge < -0.3 is 15.0 Å². The first-order valence-corrected chi connectivity index (χ1v) is 11.1. The minimum absolute atomic E-state index is 0.0264. The number of benzene rings is 1. The van der Waals surface area contributed by atoms with Crippen molar-refractivity contribution >= 4 is 21.8 Å².